The van der Waals surface area contributed by atoms with E-state index in [9.17, 15) is 18.3 Å². The van der Waals surface area contributed by atoms with Gasteiger partial charge >= 0.3 is 0 Å². The van der Waals surface area contributed by atoms with Crippen molar-refractivity contribution in [1.29, 1.82) is 0 Å². The molecule has 116 valence electrons. The van der Waals surface area contributed by atoms with Gasteiger partial charge in [0.15, 0.2) is 0 Å². The lowest BCUT2D eigenvalue weighted by Gasteiger charge is -2.24. The van der Waals surface area contributed by atoms with Crippen LogP contribution in [0.2, 0.25) is 0 Å². The fourth-order valence-electron chi connectivity index (χ4n) is 2.39. The zero-order chi connectivity index (χ0) is 15.7. The van der Waals surface area contributed by atoms with Crippen LogP contribution in [0.3, 0.4) is 0 Å². The van der Waals surface area contributed by atoms with Crippen LogP contribution in [-0.4, -0.2) is 55.9 Å². The molecule has 1 aliphatic heterocycles. The lowest BCUT2D eigenvalue weighted by molar-refractivity contribution is 0.0785. The fraction of sp³-hybridized carbons (Fsp3) is 0.462. The van der Waals surface area contributed by atoms with Crippen molar-refractivity contribution in [2.75, 3.05) is 26.8 Å². The largest absolute Gasteiger partial charge is 0.497 e. The van der Waals surface area contributed by atoms with Crippen LogP contribution >= 0.6 is 0 Å². The second kappa shape index (κ2) is 5.63. The highest BCUT2D eigenvalue weighted by Gasteiger charge is 2.48. The molecule has 0 aromatic heterocycles. The Labute approximate surface area is 123 Å². The molecular formula is C13H18N2O5S. The number of aliphatic hydroxyl groups excluding tert-OH is 1. The van der Waals surface area contributed by atoms with Crippen molar-refractivity contribution < 1.29 is 23.1 Å². The van der Waals surface area contributed by atoms with Crippen molar-refractivity contribution in [3.63, 3.8) is 0 Å². The third kappa shape index (κ3) is 2.87. The zero-order valence-electron chi connectivity index (χ0n) is 11.7. The number of nitrogens with two attached hydrogens (primary N) is 1. The molecule has 2 rings (SSSR count). The number of benzene rings is 1. The van der Waals surface area contributed by atoms with Gasteiger partial charge in [0.1, 0.15) is 10.5 Å². The van der Waals surface area contributed by atoms with Crippen molar-refractivity contribution in [2.24, 2.45) is 5.14 Å². The van der Waals surface area contributed by atoms with Gasteiger partial charge in [-0.1, -0.05) is 0 Å². The number of primary sulfonamides is 1. The van der Waals surface area contributed by atoms with Gasteiger partial charge in [0.25, 0.3) is 5.91 Å². The summed E-state index contributed by atoms with van der Waals surface area (Å²) in [5.41, 5.74) is 0.430. The van der Waals surface area contributed by atoms with Crippen molar-refractivity contribution in [1.82, 2.24) is 4.90 Å². The monoisotopic (exact) mass is 314 g/mol. The Morgan fingerprint density at radius 3 is 2.48 bits per heavy atom. The van der Waals surface area contributed by atoms with E-state index < -0.39 is 21.4 Å². The number of likely N-dealkylation sites (tertiary alicyclic amines) is 1. The number of ether oxygens (including phenoxy) is 1. The van der Waals surface area contributed by atoms with Gasteiger partial charge in [-0.2, -0.15) is 0 Å². The SMILES string of the molecule is COc1ccc(C(=O)N2CCC(CO)(S(N)(=O)=O)C2)cc1. The first-order valence-corrected chi connectivity index (χ1v) is 7.94. The normalized spacial score (nSPS) is 22.3. The number of methoxy groups -OCH3 is 1. The Morgan fingerprint density at radius 2 is 2.05 bits per heavy atom. The number of sulfonamides is 1. The predicted molar refractivity (Wildman–Crippen MR) is 76.4 cm³/mol. The van der Waals surface area contributed by atoms with Crippen LogP contribution in [0.4, 0.5) is 0 Å². The van der Waals surface area contributed by atoms with Crippen LogP contribution < -0.4 is 9.88 Å². The standard InChI is InChI=1S/C13H18N2O5S/c1-20-11-4-2-10(3-5-11)12(17)15-7-6-13(8-15,9-16)21(14,18)19/h2-5,16H,6-9H2,1H3,(H2,14,18,19). The minimum Gasteiger partial charge on any atom is -0.497 e. The molecule has 1 atom stereocenters. The van der Waals surface area contributed by atoms with Crippen LogP contribution in [0.5, 0.6) is 5.75 Å². The highest BCUT2D eigenvalue weighted by atomic mass is 32.2. The Hall–Kier alpha value is -1.64. The van der Waals surface area contributed by atoms with Crippen LogP contribution in [0.1, 0.15) is 16.8 Å². The second-order valence-electron chi connectivity index (χ2n) is 5.09. The molecular weight excluding hydrogens is 296 g/mol. The van der Waals surface area contributed by atoms with E-state index in [2.05, 4.69) is 0 Å². The molecule has 1 aromatic rings. The molecule has 1 fully saturated rings. The summed E-state index contributed by atoms with van der Waals surface area (Å²) < 4.78 is 26.8. The highest BCUT2D eigenvalue weighted by Crippen LogP contribution is 2.29. The summed E-state index contributed by atoms with van der Waals surface area (Å²) >= 11 is 0. The number of hydrogen-bond acceptors (Lipinski definition) is 5. The van der Waals surface area contributed by atoms with E-state index >= 15 is 0 Å². The Kier molecular flexibility index (Phi) is 4.22. The summed E-state index contributed by atoms with van der Waals surface area (Å²) in [6, 6.07) is 6.53. The number of amides is 1. The quantitative estimate of drug-likeness (QED) is 0.783. The minimum absolute atomic E-state index is 0.104. The molecule has 21 heavy (non-hydrogen) atoms. The van der Waals surface area contributed by atoms with E-state index in [1.165, 1.54) is 12.0 Å². The maximum Gasteiger partial charge on any atom is 0.253 e. The Balaban J connectivity index is 2.18. The number of carbonyl (C=O) groups excluding carboxylic acids is 1. The van der Waals surface area contributed by atoms with Crippen molar-refractivity contribution in [3.8, 4) is 5.75 Å². The lowest BCUT2D eigenvalue weighted by Crippen LogP contribution is -2.49. The molecule has 7 nitrogen and oxygen atoms in total. The van der Waals surface area contributed by atoms with E-state index in [0.29, 0.717) is 11.3 Å². The van der Waals surface area contributed by atoms with Crippen LogP contribution in [0, 0.1) is 0 Å². The molecule has 0 spiro atoms. The number of nitrogens with zero attached hydrogens (tertiary/aromatic N) is 1. The van der Waals surface area contributed by atoms with E-state index in [4.69, 9.17) is 9.88 Å². The molecule has 0 aliphatic carbocycles. The van der Waals surface area contributed by atoms with Gasteiger partial charge < -0.3 is 14.7 Å². The van der Waals surface area contributed by atoms with Crippen LogP contribution in [0.25, 0.3) is 0 Å². The molecule has 0 saturated carbocycles. The van der Waals surface area contributed by atoms with Crippen molar-refractivity contribution in [2.45, 2.75) is 11.2 Å². The smallest absolute Gasteiger partial charge is 0.253 e. The molecule has 1 heterocycles. The van der Waals surface area contributed by atoms with Gasteiger partial charge in [-0.25, -0.2) is 13.6 Å². The van der Waals surface area contributed by atoms with Crippen LogP contribution in [0.15, 0.2) is 24.3 Å². The van der Waals surface area contributed by atoms with E-state index in [1.807, 2.05) is 0 Å². The molecule has 0 radical (unpaired) electrons. The molecule has 1 aromatic carbocycles. The Bertz CT molecular complexity index is 628. The topological polar surface area (TPSA) is 110 Å². The zero-order valence-corrected chi connectivity index (χ0v) is 12.5. The summed E-state index contributed by atoms with van der Waals surface area (Å²) in [4.78, 5) is 13.7. The highest BCUT2D eigenvalue weighted by molar-refractivity contribution is 7.90. The van der Waals surface area contributed by atoms with Crippen molar-refractivity contribution in [3.05, 3.63) is 29.8 Å². The maximum absolute atomic E-state index is 12.3. The summed E-state index contributed by atoms with van der Waals surface area (Å²) in [7, 11) is -2.41. The molecule has 0 bridgehead atoms. The average molecular weight is 314 g/mol. The molecule has 1 aliphatic rings. The first kappa shape index (κ1) is 15.7. The number of hydrogen-bond donors (Lipinski definition) is 2. The fourth-order valence-corrected chi connectivity index (χ4v) is 3.28. The number of aliphatic hydroxyl groups is 1. The summed E-state index contributed by atoms with van der Waals surface area (Å²) in [6.07, 6.45) is 0.129. The van der Waals surface area contributed by atoms with Gasteiger partial charge in [0.2, 0.25) is 10.0 Å². The molecule has 1 saturated heterocycles. The summed E-state index contributed by atoms with van der Waals surface area (Å²) in [5, 5.41) is 14.6. The number of rotatable bonds is 4. The molecule has 3 N–H and O–H groups in total. The predicted octanol–water partition coefficient (Wildman–Crippen LogP) is -0.439. The molecule has 8 heteroatoms. The van der Waals surface area contributed by atoms with Crippen LogP contribution in [-0.2, 0) is 10.0 Å². The number of carbonyl (C=O) groups is 1. The van der Waals surface area contributed by atoms with Gasteiger partial charge in [-0.3, -0.25) is 4.79 Å². The average Bonchev–Trinajstić information content (AvgIpc) is 2.92. The summed E-state index contributed by atoms with van der Waals surface area (Å²) in [5.74, 6) is 0.332. The summed E-state index contributed by atoms with van der Waals surface area (Å²) in [6.45, 7) is -0.465. The molecule has 1 unspecified atom stereocenters. The second-order valence-corrected chi connectivity index (χ2v) is 7.05. The molecule has 1 amide bonds. The third-order valence-electron chi connectivity index (χ3n) is 3.83. The lowest BCUT2D eigenvalue weighted by atomic mass is 10.1. The Morgan fingerprint density at radius 1 is 1.43 bits per heavy atom. The minimum atomic E-state index is -3.94. The van der Waals surface area contributed by atoms with Crippen molar-refractivity contribution >= 4 is 15.9 Å². The van der Waals surface area contributed by atoms with Gasteiger partial charge in [-0.15, -0.1) is 0 Å². The van der Waals surface area contributed by atoms with Gasteiger partial charge in [0, 0.05) is 18.7 Å². The third-order valence-corrected chi connectivity index (χ3v) is 5.50. The van der Waals surface area contributed by atoms with E-state index in [-0.39, 0.29) is 25.4 Å². The first-order valence-electron chi connectivity index (χ1n) is 6.39. The van der Waals surface area contributed by atoms with Gasteiger partial charge in [-0.05, 0) is 30.7 Å². The first-order chi connectivity index (χ1) is 9.83. The van der Waals surface area contributed by atoms with E-state index in [1.54, 1.807) is 24.3 Å². The van der Waals surface area contributed by atoms with Gasteiger partial charge in [0.05, 0.1) is 13.7 Å². The van der Waals surface area contributed by atoms with E-state index in [0.717, 1.165) is 0 Å². The maximum atomic E-state index is 12.3.